The maximum atomic E-state index is 13.9. The van der Waals surface area contributed by atoms with Gasteiger partial charge in [-0.15, -0.1) is 0 Å². The van der Waals surface area contributed by atoms with Crippen LogP contribution in [0.4, 0.5) is 0 Å². The van der Waals surface area contributed by atoms with Gasteiger partial charge in [0.2, 0.25) is 0 Å². The molecule has 3 aromatic heterocycles. The van der Waals surface area contributed by atoms with Crippen molar-refractivity contribution in [3.8, 4) is 11.5 Å². The highest BCUT2D eigenvalue weighted by Gasteiger charge is 2.24. The summed E-state index contributed by atoms with van der Waals surface area (Å²) < 4.78 is 7.28. The number of nitrogens with zero attached hydrogens (tertiary/aromatic N) is 5. The van der Waals surface area contributed by atoms with Crippen LogP contribution in [0.5, 0.6) is 0 Å². The van der Waals surface area contributed by atoms with E-state index in [1.165, 1.54) is 0 Å². The van der Waals surface area contributed by atoms with Gasteiger partial charge >= 0.3 is 0 Å². The Kier molecular flexibility index (Phi) is 5.86. The van der Waals surface area contributed by atoms with E-state index in [1.54, 1.807) is 10.9 Å². The number of rotatable bonds is 7. The van der Waals surface area contributed by atoms with E-state index >= 15 is 0 Å². The van der Waals surface area contributed by atoms with Crippen molar-refractivity contribution in [1.29, 1.82) is 0 Å². The summed E-state index contributed by atoms with van der Waals surface area (Å²) in [6.45, 7) is 3.82. The van der Waals surface area contributed by atoms with Crippen molar-refractivity contribution in [2.24, 2.45) is 7.05 Å². The van der Waals surface area contributed by atoms with Gasteiger partial charge in [-0.3, -0.25) is 9.48 Å². The largest absolute Gasteiger partial charge is 0.463 e. The molecule has 4 aromatic rings. The molecule has 0 fully saturated rings. The first-order valence-corrected chi connectivity index (χ1v) is 10.3. The molecular weight excluding hydrogens is 390 g/mol. The summed E-state index contributed by atoms with van der Waals surface area (Å²) in [5, 5.41) is 5.30. The normalized spacial score (nSPS) is 11.4. The maximum absolute atomic E-state index is 13.9. The first-order chi connectivity index (χ1) is 14.9. The van der Waals surface area contributed by atoms with Crippen molar-refractivity contribution in [3.05, 3.63) is 71.6 Å². The first-order valence-electron chi connectivity index (χ1n) is 10.3. The van der Waals surface area contributed by atoms with Gasteiger partial charge in [0.1, 0.15) is 5.69 Å². The van der Waals surface area contributed by atoms with E-state index in [4.69, 9.17) is 9.40 Å². The summed E-state index contributed by atoms with van der Waals surface area (Å²) in [5.74, 6) is 0.583. The van der Waals surface area contributed by atoms with Crippen LogP contribution in [0.2, 0.25) is 0 Å². The Morgan fingerprint density at radius 1 is 1.10 bits per heavy atom. The minimum Gasteiger partial charge on any atom is -0.463 e. The number of carbonyl (C=O) groups is 1. The zero-order valence-electron chi connectivity index (χ0n) is 18.4. The quantitative estimate of drug-likeness (QED) is 0.458. The van der Waals surface area contributed by atoms with Crippen LogP contribution < -0.4 is 0 Å². The smallest absolute Gasteiger partial charge is 0.255 e. The highest BCUT2D eigenvalue weighted by atomic mass is 16.3. The van der Waals surface area contributed by atoms with E-state index in [0.29, 0.717) is 35.8 Å². The molecular formula is C24H27N5O2. The van der Waals surface area contributed by atoms with Crippen LogP contribution in [-0.2, 0) is 13.6 Å². The summed E-state index contributed by atoms with van der Waals surface area (Å²) >= 11 is 0. The highest BCUT2D eigenvalue weighted by Crippen LogP contribution is 2.28. The molecule has 0 saturated carbocycles. The van der Waals surface area contributed by atoms with E-state index < -0.39 is 0 Å². The molecule has 0 saturated heterocycles. The van der Waals surface area contributed by atoms with Gasteiger partial charge in [-0.05, 0) is 44.8 Å². The fourth-order valence-corrected chi connectivity index (χ4v) is 3.71. The van der Waals surface area contributed by atoms with Crippen LogP contribution in [0, 0.1) is 6.92 Å². The standard InChI is InChI=1S/C24H27N5O2/c1-17-22-19(15-20(21-11-8-14-31-21)25-23(22)28(4)26-17)24(30)29(13-12-27(2)3)16-18-9-6-5-7-10-18/h5-11,14-15H,12-13,16H2,1-4H3. The number of carbonyl (C=O) groups excluding carboxylic acids is 1. The van der Waals surface area contributed by atoms with Crippen LogP contribution >= 0.6 is 0 Å². The third-order valence-corrected chi connectivity index (χ3v) is 5.29. The van der Waals surface area contributed by atoms with Crippen molar-refractivity contribution in [2.75, 3.05) is 27.2 Å². The Balaban J connectivity index is 1.80. The summed E-state index contributed by atoms with van der Waals surface area (Å²) in [6, 6.07) is 15.5. The molecule has 0 unspecified atom stereocenters. The van der Waals surface area contributed by atoms with Crippen molar-refractivity contribution in [2.45, 2.75) is 13.5 Å². The Labute approximate surface area is 181 Å². The minimum absolute atomic E-state index is 0.0398. The van der Waals surface area contributed by atoms with E-state index in [1.807, 2.05) is 81.5 Å². The van der Waals surface area contributed by atoms with Gasteiger partial charge in [-0.2, -0.15) is 5.10 Å². The molecule has 7 nitrogen and oxygen atoms in total. The van der Waals surface area contributed by atoms with Gasteiger partial charge in [-0.25, -0.2) is 4.98 Å². The molecule has 3 heterocycles. The lowest BCUT2D eigenvalue weighted by Crippen LogP contribution is -2.36. The first kappa shape index (κ1) is 20.8. The minimum atomic E-state index is -0.0398. The van der Waals surface area contributed by atoms with Crippen molar-refractivity contribution in [3.63, 3.8) is 0 Å². The molecule has 1 aromatic carbocycles. The number of aryl methyl sites for hydroxylation is 2. The number of hydrogen-bond donors (Lipinski definition) is 0. The molecule has 31 heavy (non-hydrogen) atoms. The van der Waals surface area contributed by atoms with Crippen LogP contribution in [0.15, 0.2) is 59.2 Å². The van der Waals surface area contributed by atoms with Crippen LogP contribution in [0.3, 0.4) is 0 Å². The molecule has 0 bridgehead atoms. The molecule has 0 atom stereocenters. The summed E-state index contributed by atoms with van der Waals surface area (Å²) in [6.07, 6.45) is 1.61. The zero-order valence-corrected chi connectivity index (χ0v) is 18.4. The average Bonchev–Trinajstić information content (AvgIpc) is 3.39. The maximum Gasteiger partial charge on any atom is 0.255 e. The second kappa shape index (κ2) is 8.73. The molecule has 0 aliphatic carbocycles. The third kappa shape index (κ3) is 4.36. The molecule has 0 spiro atoms. The van der Waals surface area contributed by atoms with Gasteiger partial charge < -0.3 is 14.2 Å². The van der Waals surface area contributed by atoms with Gasteiger partial charge in [0.05, 0.1) is 22.9 Å². The third-order valence-electron chi connectivity index (χ3n) is 5.29. The van der Waals surface area contributed by atoms with Gasteiger partial charge in [0.15, 0.2) is 11.4 Å². The lowest BCUT2D eigenvalue weighted by Gasteiger charge is -2.25. The summed E-state index contributed by atoms with van der Waals surface area (Å²) in [5.41, 5.74) is 3.76. The van der Waals surface area contributed by atoms with E-state index in [0.717, 1.165) is 23.2 Å². The molecule has 0 N–H and O–H groups in total. The van der Waals surface area contributed by atoms with Crippen LogP contribution in [0.1, 0.15) is 21.6 Å². The van der Waals surface area contributed by atoms with E-state index in [9.17, 15) is 4.79 Å². The number of aromatic nitrogens is 3. The van der Waals surface area contributed by atoms with Gasteiger partial charge in [-0.1, -0.05) is 30.3 Å². The van der Waals surface area contributed by atoms with Crippen molar-refractivity contribution >= 4 is 16.9 Å². The van der Waals surface area contributed by atoms with E-state index in [2.05, 4.69) is 10.00 Å². The number of amides is 1. The fourth-order valence-electron chi connectivity index (χ4n) is 3.71. The van der Waals surface area contributed by atoms with Gasteiger partial charge in [0, 0.05) is 26.7 Å². The number of likely N-dealkylation sites (N-methyl/N-ethyl adjacent to an activating group) is 1. The SMILES string of the molecule is Cc1nn(C)c2nc(-c3ccco3)cc(C(=O)N(CCN(C)C)Cc3ccccc3)c12. The fraction of sp³-hybridized carbons (Fsp3) is 0.292. The van der Waals surface area contributed by atoms with Crippen LogP contribution in [0.25, 0.3) is 22.5 Å². The second-order valence-corrected chi connectivity index (χ2v) is 7.96. The van der Waals surface area contributed by atoms with E-state index in [-0.39, 0.29) is 5.91 Å². The Bertz CT molecular complexity index is 1180. The average molecular weight is 418 g/mol. The molecule has 0 aliphatic rings. The van der Waals surface area contributed by atoms with Crippen LogP contribution in [-0.4, -0.2) is 57.7 Å². The lowest BCUT2D eigenvalue weighted by molar-refractivity contribution is 0.0734. The molecule has 160 valence electrons. The number of pyridine rings is 1. The molecule has 0 aliphatic heterocycles. The van der Waals surface area contributed by atoms with Gasteiger partial charge in [0.25, 0.3) is 5.91 Å². The number of benzene rings is 1. The Morgan fingerprint density at radius 3 is 2.55 bits per heavy atom. The monoisotopic (exact) mass is 417 g/mol. The molecule has 4 rings (SSSR count). The number of furan rings is 1. The molecule has 1 amide bonds. The number of fused-ring (bicyclic) bond motifs is 1. The molecule has 7 heteroatoms. The highest BCUT2D eigenvalue weighted by molar-refractivity contribution is 6.07. The predicted octanol–water partition coefficient (Wildman–Crippen LogP) is 3.74. The zero-order chi connectivity index (χ0) is 22.0. The Hall–Kier alpha value is -3.45. The van der Waals surface area contributed by atoms with Crippen molar-refractivity contribution in [1.82, 2.24) is 24.6 Å². The lowest BCUT2D eigenvalue weighted by atomic mass is 10.1. The number of hydrogen-bond acceptors (Lipinski definition) is 5. The second-order valence-electron chi connectivity index (χ2n) is 7.96. The predicted molar refractivity (Wildman–Crippen MR) is 121 cm³/mol. The topological polar surface area (TPSA) is 67.4 Å². The molecule has 0 radical (unpaired) electrons. The summed E-state index contributed by atoms with van der Waals surface area (Å²) in [4.78, 5) is 22.6. The summed E-state index contributed by atoms with van der Waals surface area (Å²) in [7, 11) is 5.86. The Morgan fingerprint density at radius 2 is 1.87 bits per heavy atom. The van der Waals surface area contributed by atoms with Crippen molar-refractivity contribution < 1.29 is 9.21 Å².